The predicted molar refractivity (Wildman–Crippen MR) is 136 cm³/mol. The van der Waals surface area contributed by atoms with Gasteiger partial charge in [0.15, 0.2) is 0 Å². The lowest BCUT2D eigenvalue weighted by Crippen LogP contribution is -2.41. The van der Waals surface area contributed by atoms with Gasteiger partial charge in [0, 0.05) is 28.8 Å². The summed E-state index contributed by atoms with van der Waals surface area (Å²) in [5.74, 6) is 0. The molecule has 166 valence electrons. The van der Waals surface area contributed by atoms with Crippen molar-refractivity contribution >= 4 is 24.0 Å². The fourth-order valence-electron chi connectivity index (χ4n) is 4.26. The average molecular weight is 427 g/mol. The van der Waals surface area contributed by atoms with E-state index in [0.29, 0.717) is 0 Å². The maximum Gasteiger partial charge on any atom is 0.496 e. The van der Waals surface area contributed by atoms with Gasteiger partial charge in [0.05, 0.1) is 11.2 Å². The van der Waals surface area contributed by atoms with Crippen LogP contribution in [-0.4, -0.2) is 24.9 Å². The van der Waals surface area contributed by atoms with Crippen LogP contribution in [0.1, 0.15) is 47.1 Å². The number of nitrogens with zero attached hydrogens (tertiary/aromatic N) is 1. The Hall–Kier alpha value is -2.56. The Morgan fingerprint density at radius 1 is 0.812 bits per heavy atom. The van der Waals surface area contributed by atoms with E-state index in [4.69, 9.17) is 9.31 Å². The van der Waals surface area contributed by atoms with Crippen LogP contribution < -0.4 is 10.4 Å². The van der Waals surface area contributed by atoms with Crippen LogP contribution in [0.25, 0.3) is 0 Å². The van der Waals surface area contributed by atoms with Crippen molar-refractivity contribution in [3.63, 3.8) is 0 Å². The molecule has 0 spiro atoms. The van der Waals surface area contributed by atoms with Crippen molar-refractivity contribution in [2.24, 2.45) is 0 Å². The predicted octanol–water partition coefficient (Wildman–Crippen LogP) is 6.08. The van der Waals surface area contributed by atoms with Crippen LogP contribution in [0, 0.1) is 0 Å². The third-order valence-electron chi connectivity index (χ3n) is 7.24. The molecule has 2 aromatic carbocycles. The highest BCUT2D eigenvalue weighted by Crippen LogP contribution is 2.41. The molecule has 2 heterocycles. The molecule has 0 aromatic heterocycles. The number of hydrogen-bond acceptors (Lipinski definition) is 3. The Kier molecular flexibility index (Phi) is 5.73. The number of anilines is 2. The Bertz CT molecular complexity index is 1060. The molecule has 0 unspecified atom stereocenters. The number of hydrogen-bond donors (Lipinski definition) is 0. The second-order valence-electron chi connectivity index (χ2n) is 10.2. The molecule has 2 aromatic rings. The Morgan fingerprint density at radius 3 is 2.09 bits per heavy atom. The van der Waals surface area contributed by atoms with E-state index in [-0.39, 0.29) is 5.41 Å². The summed E-state index contributed by atoms with van der Waals surface area (Å²) in [4.78, 5) is 2.36. The summed E-state index contributed by atoms with van der Waals surface area (Å²) in [7, 11) is -0.425. The number of allylic oxidation sites excluding steroid dienone is 4. The minimum atomic E-state index is -0.425. The lowest BCUT2D eigenvalue weighted by atomic mass is 9.75. The first kappa shape index (κ1) is 22.6. The van der Waals surface area contributed by atoms with E-state index < -0.39 is 18.3 Å². The molecule has 0 bridgehead atoms. The van der Waals surface area contributed by atoms with Gasteiger partial charge in [-0.05, 0) is 51.0 Å². The standard InChI is InChI=1S/C28H34BNO2/c1-21-15-9-8-14-20-30(24-18-12-10-16-22(24)26(21,2)3)25-19-13-11-17-23(25)29-31-27(4,5)28(6,7)32-29/h8-19H,1,20H2,2-7H3/b14-8-,15-9-. The summed E-state index contributed by atoms with van der Waals surface area (Å²) < 4.78 is 12.9. The third-order valence-corrected chi connectivity index (χ3v) is 7.24. The molecular weight excluding hydrogens is 393 g/mol. The molecule has 1 fully saturated rings. The van der Waals surface area contributed by atoms with Gasteiger partial charge in [-0.1, -0.05) is 81.1 Å². The highest BCUT2D eigenvalue weighted by Gasteiger charge is 2.52. The van der Waals surface area contributed by atoms with Crippen LogP contribution in [-0.2, 0) is 14.7 Å². The topological polar surface area (TPSA) is 21.7 Å². The first-order valence-electron chi connectivity index (χ1n) is 11.4. The van der Waals surface area contributed by atoms with Crippen LogP contribution >= 0.6 is 0 Å². The first-order valence-corrected chi connectivity index (χ1v) is 11.4. The lowest BCUT2D eigenvalue weighted by Gasteiger charge is -2.35. The normalized spacial score (nSPS) is 23.5. The summed E-state index contributed by atoms with van der Waals surface area (Å²) >= 11 is 0. The quantitative estimate of drug-likeness (QED) is 0.542. The minimum absolute atomic E-state index is 0.212. The SMILES string of the molecule is C=C1/C=C\C=C/CN(c2ccccc2B2OC(C)(C)C(C)(C)O2)c2ccccc2C1(C)C. The van der Waals surface area contributed by atoms with Crippen molar-refractivity contribution in [1.82, 2.24) is 0 Å². The number of fused-ring (bicyclic) bond motifs is 1. The molecule has 0 N–H and O–H groups in total. The molecule has 0 radical (unpaired) electrons. The van der Waals surface area contributed by atoms with Crippen molar-refractivity contribution < 1.29 is 9.31 Å². The fourth-order valence-corrected chi connectivity index (χ4v) is 4.26. The van der Waals surface area contributed by atoms with E-state index in [1.807, 2.05) is 0 Å². The monoisotopic (exact) mass is 427 g/mol. The third kappa shape index (κ3) is 3.87. The van der Waals surface area contributed by atoms with E-state index in [1.54, 1.807) is 0 Å². The molecular formula is C28H34BNO2. The van der Waals surface area contributed by atoms with Crippen molar-refractivity contribution in [2.45, 2.75) is 58.2 Å². The van der Waals surface area contributed by atoms with Crippen molar-refractivity contribution in [3.05, 3.63) is 90.6 Å². The molecule has 0 amide bonds. The van der Waals surface area contributed by atoms with Gasteiger partial charge in [0.1, 0.15) is 0 Å². The number of para-hydroxylation sites is 2. The molecule has 1 saturated heterocycles. The van der Waals surface area contributed by atoms with Gasteiger partial charge in [-0.3, -0.25) is 0 Å². The van der Waals surface area contributed by atoms with Crippen LogP contribution in [0.4, 0.5) is 11.4 Å². The van der Waals surface area contributed by atoms with Gasteiger partial charge in [0.2, 0.25) is 0 Å². The van der Waals surface area contributed by atoms with E-state index in [2.05, 4.69) is 126 Å². The molecule has 0 atom stereocenters. The molecule has 0 saturated carbocycles. The molecule has 2 aliphatic rings. The van der Waals surface area contributed by atoms with Gasteiger partial charge in [-0.15, -0.1) is 0 Å². The van der Waals surface area contributed by atoms with E-state index >= 15 is 0 Å². The van der Waals surface area contributed by atoms with Crippen LogP contribution in [0.5, 0.6) is 0 Å². The maximum absolute atomic E-state index is 6.44. The van der Waals surface area contributed by atoms with Crippen LogP contribution in [0.15, 0.2) is 85.0 Å². The summed E-state index contributed by atoms with van der Waals surface area (Å²) in [5.41, 5.74) is 4.63. The molecule has 0 aliphatic carbocycles. The zero-order chi connectivity index (χ0) is 23.1. The molecule has 4 rings (SSSR count). The second-order valence-corrected chi connectivity index (χ2v) is 10.2. The van der Waals surface area contributed by atoms with Crippen molar-refractivity contribution in [3.8, 4) is 0 Å². The van der Waals surface area contributed by atoms with Gasteiger partial charge in [-0.25, -0.2) is 0 Å². The molecule has 3 nitrogen and oxygen atoms in total. The maximum atomic E-state index is 6.44. The van der Waals surface area contributed by atoms with Gasteiger partial charge >= 0.3 is 7.12 Å². The number of rotatable bonds is 2. The zero-order valence-corrected chi connectivity index (χ0v) is 20.2. The molecule has 4 heteroatoms. The molecule has 32 heavy (non-hydrogen) atoms. The van der Waals surface area contributed by atoms with Crippen molar-refractivity contribution in [1.29, 1.82) is 0 Å². The highest BCUT2D eigenvalue weighted by atomic mass is 16.7. The fraction of sp³-hybridized carbons (Fsp3) is 0.357. The smallest absolute Gasteiger partial charge is 0.399 e. The van der Waals surface area contributed by atoms with Gasteiger partial charge < -0.3 is 14.2 Å². The largest absolute Gasteiger partial charge is 0.496 e. The zero-order valence-electron chi connectivity index (χ0n) is 20.2. The van der Waals surface area contributed by atoms with Gasteiger partial charge in [-0.2, -0.15) is 0 Å². The van der Waals surface area contributed by atoms with Gasteiger partial charge in [0.25, 0.3) is 0 Å². The Labute approximate surface area is 193 Å². The number of benzene rings is 2. The minimum Gasteiger partial charge on any atom is -0.399 e. The van der Waals surface area contributed by atoms with E-state index in [0.717, 1.165) is 23.3 Å². The highest BCUT2D eigenvalue weighted by molar-refractivity contribution is 6.64. The van der Waals surface area contributed by atoms with Crippen LogP contribution in [0.3, 0.4) is 0 Å². The lowest BCUT2D eigenvalue weighted by molar-refractivity contribution is 0.00578. The first-order chi connectivity index (χ1) is 15.0. The Balaban J connectivity index is 1.87. The summed E-state index contributed by atoms with van der Waals surface area (Å²) in [6.45, 7) is 18.0. The van der Waals surface area contributed by atoms with Crippen molar-refractivity contribution in [2.75, 3.05) is 11.4 Å². The molecule has 2 aliphatic heterocycles. The van der Waals surface area contributed by atoms with E-state index in [9.17, 15) is 0 Å². The van der Waals surface area contributed by atoms with Crippen LogP contribution in [0.2, 0.25) is 0 Å². The average Bonchev–Trinajstić information content (AvgIpc) is 2.97. The summed E-state index contributed by atoms with van der Waals surface area (Å²) in [5, 5.41) is 0. The van der Waals surface area contributed by atoms with E-state index in [1.165, 1.54) is 11.3 Å². The summed E-state index contributed by atoms with van der Waals surface area (Å²) in [6, 6.07) is 17.0. The summed E-state index contributed by atoms with van der Waals surface area (Å²) in [6.07, 6.45) is 8.47. The Morgan fingerprint density at radius 2 is 1.41 bits per heavy atom. The second kappa shape index (κ2) is 8.10.